The molecule has 1 atom stereocenters. The van der Waals surface area contributed by atoms with Crippen molar-refractivity contribution in [2.75, 3.05) is 0 Å². The van der Waals surface area contributed by atoms with Crippen molar-refractivity contribution >= 4 is 34.4 Å². The maximum atomic E-state index is 12.8. The molecule has 2 rings (SSSR count). The fourth-order valence-corrected chi connectivity index (χ4v) is 2.91. The predicted molar refractivity (Wildman–Crippen MR) is 72.3 cm³/mol. The Hall–Kier alpha value is -1.01. The molecule has 88 valence electrons. The maximum absolute atomic E-state index is 12.8. The number of hydrogen-bond acceptors (Lipinski definition) is 2. The second-order valence-corrected chi connectivity index (χ2v) is 5.26. The molecule has 1 N–H and O–H groups in total. The van der Waals surface area contributed by atoms with E-state index in [0.29, 0.717) is 5.69 Å². The zero-order valence-electron chi connectivity index (χ0n) is 8.39. The van der Waals surface area contributed by atoms with Crippen molar-refractivity contribution in [1.82, 2.24) is 9.55 Å². The molecule has 0 aliphatic carbocycles. The Bertz CT molecular complexity index is 556. The molecule has 17 heavy (non-hydrogen) atoms. The van der Waals surface area contributed by atoms with E-state index in [1.54, 1.807) is 16.6 Å². The lowest BCUT2D eigenvalue weighted by atomic mass is 10.1. The van der Waals surface area contributed by atoms with Gasteiger partial charge in [0.25, 0.3) is 0 Å². The van der Waals surface area contributed by atoms with E-state index < -0.39 is 5.97 Å². The van der Waals surface area contributed by atoms with Gasteiger partial charge in [0.2, 0.25) is 0 Å². The molecule has 0 bridgehead atoms. The maximum Gasteiger partial charge on any atom is 0.356 e. The van der Waals surface area contributed by atoms with Gasteiger partial charge in [-0.2, -0.15) is 5.10 Å². The lowest BCUT2D eigenvalue weighted by molar-refractivity contribution is 0.0690. The molecule has 0 aliphatic rings. The van der Waals surface area contributed by atoms with Crippen LogP contribution in [0.5, 0.6) is 0 Å². The first-order valence-electron chi connectivity index (χ1n) is 4.58. The van der Waals surface area contributed by atoms with Crippen molar-refractivity contribution in [3.63, 3.8) is 0 Å². The topological polar surface area (TPSA) is 55.1 Å². The quantitative estimate of drug-likeness (QED) is 0.673. The highest BCUT2D eigenvalue weighted by atomic mass is 127. The summed E-state index contributed by atoms with van der Waals surface area (Å²) < 4.78 is 14.4. The zero-order valence-corrected chi connectivity index (χ0v) is 11.6. The molecule has 0 aliphatic heterocycles. The third-order valence-electron chi connectivity index (χ3n) is 2.15. The summed E-state index contributed by atoms with van der Waals surface area (Å²) in [6.45, 7) is 0. The van der Waals surface area contributed by atoms with Gasteiger partial charge in [0.15, 0.2) is 5.69 Å². The largest absolute Gasteiger partial charge is 0.476 e. The van der Waals surface area contributed by atoms with Crippen LogP contribution >= 0.6 is 28.4 Å². The van der Waals surface area contributed by atoms with Crippen LogP contribution in [-0.2, 0) is 0 Å². The molecule has 1 aromatic carbocycles. The summed E-state index contributed by atoms with van der Waals surface area (Å²) in [5.41, 5.74) is 1.42. The Kier molecular flexibility index (Phi) is 3.73. The monoisotopic (exact) mass is 364 g/mol. The Morgan fingerprint density at radius 1 is 1.41 bits per heavy atom. The van der Waals surface area contributed by atoms with Gasteiger partial charge in [-0.15, -0.1) is 0 Å². The minimum atomic E-state index is -1.07. The summed E-state index contributed by atoms with van der Waals surface area (Å²) in [4.78, 5) is 10.8. The minimum absolute atomic E-state index is 0.00603. The molecule has 0 radical (unpaired) electrons. The van der Waals surface area contributed by atoms with Crippen molar-refractivity contribution in [3.8, 4) is 11.3 Å². The van der Waals surface area contributed by atoms with Crippen LogP contribution in [0.1, 0.15) is 10.5 Å². The molecule has 0 amide bonds. The van der Waals surface area contributed by atoms with Crippen LogP contribution < -0.4 is 0 Å². The Morgan fingerprint density at radius 2 is 2.06 bits per heavy atom. The molecule has 7 heteroatoms. The second kappa shape index (κ2) is 5.10. The summed E-state index contributed by atoms with van der Waals surface area (Å²) in [6.07, 6.45) is 0.284. The SMILES string of the molecule is O=C(O)c1cc(-c2ccc(F)cc2)n(PI)n1. The number of halogens is 2. The van der Waals surface area contributed by atoms with E-state index in [4.69, 9.17) is 5.11 Å². The first kappa shape index (κ1) is 12.4. The highest BCUT2D eigenvalue weighted by Crippen LogP contribution is 2.31. The molecule has 0 saturated carbocycles. The van der Waals surface area contributed by atoms with Gasteiger partial charge in [-0.1, -0.05) is 0 Å². The van der Waals surface area contributed by atoms with Gasteiger partial charge in [0.1, 0.15) is 5.82 Å². The third kappa shape index (κ3) is 2.63. The number of benzene rings is 1. The molecule has 0 spiro atoms. The lowest BCUT2D eigenvalue weighted by Gasteiger charge is -2.02. The zero-order chi connectivity index (χ0) is 12.4. The van der Waals surface area contributed by atoms with Crippen molar-refractivity contribution in [2.24, 2.45) is 0 Å². The van der Waals surface area contributed by atoms with E-state index in [1.807, 2.05) is 0 Å². The summed E-state index contributed by atoms with van der Waals surface area (Å²) in [6, 6.07) is 7.37. The average Bonchev–Trinajstić information content (AvgIpc) is 2.74. The Labute approximate surface area is 111 Å². The van der Waals surface area contributed by atoms with Crippen LogP contribution in [0.25, 0.3) is 11.3 Å². The average molecular weight is 364 g/mol. The van der Waals surface area contributed by atoms with Crippen LogP contribution in [0.3, 0.4) is 0 Å². The number of rotatable bonds is 3. The molecule has 0 fully saturated rings. The molecule has 1 heterocycles. The van der Waals surface area contributed by atoms with Gasteiger partial charge < -0.3 is 5.11 Å². The molecular formula is C10H7FIN2O2P. The van der Waals surface area contributed by atoms with Crippen molar-refractivity contribution < 1.29 is 14.3 Å². The van der Waals surface area contributed by atoms with E-state index in [1.165, 1.54) is 18.2 Å². The minimum Gasteiger partial charge on any atom is -0.476 e. The lowest BCUT2D eigenvalue weighted by Crippen LogP contribution is -1.97. The molecule has 2 aromatic rings. The summed E-state index contributed by atoms with van der Waals surface area (Å²) in [7, 11) is 0. The van der Waals surface area contributed by atoms with Gasteiger partial charge in [-0.25, -0.2) is 13.6 Å². The number of carbonyl (C=O) groups is 1. The first-order chi connectivity index (χ1) is 8.11. The molecule has 1 aromatic heterocycles. The van der Waals surface area contributed by atoms with Gasteiger partial charge in [0.05, 0.1) is 12.1 Å². The highest BCUT2D eigenvalue weighted by molar-refractivity contribution is 14.2. The predicted octanol–water partition coefficient (Wildman–Crippen LogP) is 3.18. The van der Waals surface area contributed by atoms with Crippen molar-refractivity contribution in [2.45, 2.75) is 0 Å². The molecular weight excluding hydrogens is 357 g/mol. The second-order valence-electron chi connectivity index (χ2n) is 3.22. The summed E-state index contributed by atoms with van der Waals surface area (Å²) in [5.74, 6) is -1.39. The third-order valence-corrected chi connectivity index (χ3v) is 4.02. The van der Waals surface area contributed by atoms with E-state index >= 15 is 0 Å². The highest BCUT2D eigenvalue weighted by Gasteiger charge is 2.14. The molecule has 0 saturated heterocycles. The normalized spacial score (nSPS) is 11.2. The Balaban J connectivity index is 2.50. The number of aromatic nitrogens is 2. The smallest absolute Gasteiger partial charge is 0.356 e. The van der Waals surface area contributed by atoms with Crippen molar-refractivity contribution in [3.05, 3.63) is 41.8 Å². The Morgan fingerprint density at radius 3 is 2.59 bits per heavy atom. The summed E-state index contributed by atoms with van der Waals surface area (Å²) in [5, 5.41) is 12.8. The van der Waals surface area contributed by atoms with Crippen LogP contribution in [0.15, 0.2) is 30.3 Å². The van der Waals surface area contributed by atoms with E-state index in [0.717, 1.165) is 5.56 Å². The van der Waals surface area contributed by atoms with Crippen LogP contribution in [-0.4, -0.2) is 20.6 Å². The number of carboxylic acids is 1. The fourth-order valence-electron chi connectivity index (χ4n) is 1.38. The standard InChI is InChI=1S/C10H7FIN2O2P/c11-7-3-1-6(2-4-7)9-5-8(10(15)16)13-14(9)17-12/h1-5,17H,(H,15,16). The number of nitrogens with zero attached hydrogens (tertiary/aromatic N) is 2. The van der Waals surface area contributed by atoms with Gasteiger partial charge in [-0.3, -0.25) is 0 Å². The van der Waals surface area contributed by atoms with Gasteiger partial charge >= 0.3 is 5.97 Å². The van der Waals surface area contributed by atoms with Crippen molar-refractivity contribution in [1.29, 1.82) is 0 Å². The van der Waals surface area contributed by atoms with Crippen LogP contribution in [0.4, 0.5) is 4.39 Å². The van der Waals surface area contributed by atoms with Crippen LogP contribution in [0, 0.1) is 5.82 Å². The van der Waals surface area contributed by atoms with E-state index in [2.05, 4.69) is 27.1 Å². The van der Waals surface area contributed by atoms with E-state index in [-0.39, 0.29) is 17.9 Å². The fraction of sp³-hybridized carbons (Fsp3) is 0. The van der Waals surface area contributed by atoms with Gasteiger partial charge in [0, 0.05) is 5.56 Å². The first-order valence-corrected chi connectivity index (χ1v) is 8.64. The molecule has 4 nitrogen and oxygen atoms in total. The number of hydrogen-bond donors (Lipinski definition) is 1. The van der Waals surface area contributed by atoms with Gasteiger partial charge in [-0.05, 0) is 52.4 Å². The number of aromatic carboxylic acids is 1. The van der Waals surface area contributed by atoms with E-state index in [9.17, 15) is 9.18 Å². The number of carboxylic acid groups (broad SMARTS) is 1. The summed E-state index contributed by atoms with van der Waals surface area (Å²) >= 11 is 2.11. The van der Waals surface area contributed by atoms with Crippen LogP contribution in [0.2, 0.25) is 0 Å². The molecule has 1 unspecified atom stereocenters.